The van der Waals surface area contributed by atoms with E-state index in [0.29, 0.717) is 46.8 Å². The predicted molar refractivity (Wildman–Crippen MR) is 84.9 cm³/mol. The fraction of sp³-hybridized carbons (Fsp3) is 0.412. The van der Waals surface area contributed by atoms with Crippen molar-refractivity contribution in [3.63, 3.8) is 0 Å². The Morgan fingerprint density at radius 2 is 2.21 bits per heavy atom. The molecule has 1 fully saturated rings. The first kappa shape index (κ1) is 16.6. The van der Waals surface area contributed by atoms with Gasteiger partial charge in [-0.3, -0.25) is 4.79 Å². The normalized spacial score (nSPS) is 16.0. The van der Waals surface area contributed by atoms with Crippen LogP contribution in [0.5, 0.6) is 0 Å². The number of halogens is 2. The van der Waals surface area contributed by atoms with Crippen LogP contribution in [-0.2, 0) is 4.74 Å². The number of amides is 1. The number of nitrogens with one attached hydrogen (secondary N) is 1. The molecular formula is C17H19F2N3O2. The Balaban J connectivity index is 1.77. The summed E-state index contributed by atoms with van der Waals surface area (Å²) in [5, 5.41) is 6.60. The molecule has 1 aliphatic rings. The lowest BCUT2D eigenvalue weighted by Gasteiger charge is -2.38. The van der Waals surface area contributed by atoms with Gasteiger partial charge in [0, 0.05) is 28.8 Å². The summed E-state index contributed by atoms with van der Waals surface area (Å²) >= 11 is 0. The van der Waals surface area contributed by atoms with Crippen molar-refractivity contribution >= 4 is 5.91 Å². The van der Waals surface area contributed by atoms with Crippen molar-refractivity contribution in [1.82, 2.24) is 15.1 Å². The van der Waals surface area contributed by atoms with Crippen LogP contribution < -0.4 is 5.32 Å². The molecule has 0 saturated carbocycles. The monoisotopic (exact) mass is 335 g/mol. The minimum absolute atomic E-state index is 0.0116. The summed E-state index contributed by atoms with van der Waals surface area (Å²) in [5.74, 6) is -0.191. The molecule has 2 aromatic rings. The molecule has 2 heterocycles. The van der Waals surface area contributed by atoms with E-state index in [0.717, 1.165) is 0 Å². The second-order valence-electron chi connectivity index (χ2n) is 6.43. The molecule has 1 aromatic heterocycles. The van der Waals surface area contributed by atoms with Crippen LogP contribution >= 0.6 is 0 Å². The lowest BCUT2D eigenvalue weighted by atomic mass is 9.88. The van der Waals surface area contributed by atoms with E-state index in [1.54, 1.807) is 31.2 Å². The number of nitrogens with zero attached hydrogens (tertiary/aromatic N) is 2. The highest BCUT2D eigenvalue weighted by Crippen LogP contribution is 2.27. The number of alkyl halides is 2. The van der Waals surface area contributed by atoms with Gasteiger partial charge in [0.25, 0.3) is 5.91 Å². The molecular weight excluding hydrogens is 316 g/mol. The van der Waals surface area contributed by atoms with Crippen molar-refractivity contribution in [2.75, 3.05) is 19.8 Å². The molecule has 0 aliphatic carbocycles. The van der Waals surface area contributed by atoms with Crippen molar-refractivity contribution in [2.45, 2.75) is 20.4 Å². The molecule has 1 amide bonds. The Bertz CT molecular complexity index is 754. The first-order chi connectivity index (χ1) is 11.4. The molecule has 1 saturated heterocycles. The molecule has 7 heteroatoms. The van der Waals surface area contributed by atoms with E-state index < -0.39 is 6.55 Å². The number of carbonyl (C=O) groups is 1. The van der Waals surface area contributed by atoms with Crippen LogP contribution in [0.25, 0.3) is 11.1 Å². The van der Waals surface area contributed by atoms with Crippen LogP contribution in [0, 0.1) is 12.3 Å². The third-order valence-electron chi connectivity index (χ3n) is 4.24. The molecule has 0 atom stereocenters. The van der Waals surface area contributed by atoms with Crippen molar-refractivity contribution < 1.29 is 18.3 Å². The smallest absolute Gasteiger partial charge is 0.333 e. The van der Waals surface area contributed by atoms with Gasteiger partial charge in [0.1, 0.15) is 0 Å². The van der Waals surface area contributed by atoms with Gasteiger partial charge in [0.05, 0.1) is 19.4 Å². The van der Waals surface area contributed by atoms with Gasteiger partial charge >= 0.3 is 6.55 Å². The number of carbonyl (C=O) groups excluding carboxylic acids is 1. The van der Waals surface area contributed by atoms with E-state index in [2.05, 4.69) is 17.3 Å². The lowest BCUT2D eigenvalue weighted by Crippen LogP contribution is -2.48. The van der Waals surface area contributed by atoms with Crippen LogP contribution in [0.15, 0.2) is 30.5 Å². The van der Waals surface area contributed by atoms with E-state index in [-0.39, 0.29) is 11.3 Å². The third kappa shape index (κ3) is 3.17. The van der Waals surface area contributed by atoms with E-state index in [1.807, 2.05) is 0 Å². The highest BCUT2D eigenvalue weighted by Gasteiger charge is 2.33. The average Bonchev–Trinajstić information content (AvgIpc) is 2.92. The molecule has 1 aromatic carbocycles. The van der Waals surface area contributed by atoms with Gasteiger partial charge in [-0.15, -0.1) is 0 Å². The van der Waals surface area contributed by atoms with Crippen molar-refractivity contribution in [3.8, 4) is 11.1 Å². The second-order valence-corrected chi connectivity index (χ2v) is 6.43. The Labute approximate surface area is 138 Å². The number of benzene rings is 1. The highest BCUT2D eigenvalue weighted by atomic mass is 19.3. The molecule has 0 unspecified atom stereocenters. The van der Waals surface area contributed by atoms with Crippen LogP contribution in [0.4, 0.5) is 8.78 Å². The Hall–Kier alpha value is -2.28. The first-order valence-electron chi connectivity index (χ1n) is 7.68. The average molecular weight is 335 g/mol. The summed E-state index contributed by atoms with van der Waals surface area (Å²) < 4.78 is 31.5. The predicted octanol–water partition coefficient (Wildman–Crippen LogP) is 3.02. The minimum atomic E-state index is -2.68. The summed E-state index contributed by atoms with van der Waals surface area (Å²) in [6.45, 7) is 2.76. The van der Waals surface area contributed by atoms with E-state index >= 15 is 0 Å². The third-order valence-corrected chi connectivity index (χ3v) is 4.24. The molecule has 1 aliphatic heterocycles. The minimum Gasteiger partial charge on any atom is -0.380 e. The van der Waals surface area contributed by atoms with Crippen LogP contribution in [0.2, 0.25) is 0 Å². The van der Waals surface area contributed by atoms with Crippen LogP contribution in [-0.4, -0.2) is 35.4 Å². The zero-order chi connectivity index (χ0) is 17.3. The molecule has 5 nitrogen and oxygen atoms in total. The summed E-state index contributed by atoms with van der Waals surface area (Å²) in [5.41, 5.74) is 2.11. The van der Waals surface area contributed by atoms with E-state index in [1.165, 1.54) is 6.20 Å². The van der Waals surface area contributed by atoms with E-state index in [9.17, 15) is 13.6 Å². The molecule has 0 radical (unpaired) electrons. The maximum Gasteiger partial charge on any atom is 0.333 e. The first-order valence-corrected chi connectivity index (χ1v) is 7.68. The van der Waals surface area contributed by atoms with Crippen molar-refractivity contribution in [1.29, 1.82) is 0 Å². The standard InChI is InChI=1S/C17H19F2N3O2/c1-11-14(7-21-22(11)16(18)19)12-4-3-5-13(6-12)15(23)20-8-17(2)9-24-10-17/h3-7,16H,8-10H2,1-2H3,(H,20,23). The highest BCUT2D eigenvalue weighted by molar-refractivity contribution is 5.95. The SMILES string of the molecule is Cc1c(-c2cccc(C(=O)NCC3(C)COC3)c2)cnn1C(F)F. The van der Waals surface area contributed by atoms with Gasteiger partial charge in [-0.2, -0.15) is 13.9 Å². The number of hydrogen-bond donors (Lipinski definition) is 1. The lowest BCUT2D eigenvalue weighted by molar-refractivity contribution is -0.0978. The van der Waals surface area contributed by atoms with Gasteiger partial charge in [-0.05, 0) is 24.6 Å². The number of aromatic nitrogens is 2. The Morgan fingerprint density at radius 3 is 2.79 bits per heavy atom. The molecule has 0 spiro atoms. The zero-order valence-corrected chi connectivity index (χ0v) is 13.6. The largest absolute Gasteiger partial charge is 0.380 e. The topological polar surface area (TPSA) is 56.1 Å². The fourth-order valence-corrected chi connectivity index (χ4v) is 2.68. The summed E-state index contributed by atoms with van der Waals surface area (Å²) in [6, 6.07) is 6.90. The number of hydrogen-bond acceptors (Lipinski definition) is 3. The second kappa shape index (κ2) is 6.32. The molecule has 128 valence electrons. The quantitative estimate of drug-likeness (QED) is 0.914. The summed E-state index contributed by atoms with van der Waals surface area (Å²) in [7, 11) is 0. The number of rotatable bonds is 5. The van der Waals surface area contributed by atoms with Crippen LogP contribution in [0.1, 0.15) is 29.5 Å². The Morgan fingerprint density at radius 1 is 1.46 bits per heavy atom. The van der Waals surface area contributed by atoms with Gasteiger partial charge in [-0.25, -0.2) is 4.68 Å². The Kier molecular flexibility index (Phi) is 4.36. The van der Waals surface area contributed by atoms with Gasteiger partial charge in [0.15, 0.2) is 0 Å². The molecule has 24 heavy (non-hydrogen) atoms. The maximum atomic E-state index is 12.8. The number of ether oxygens (including phenoxy) is 1. The van der Waals surface area contributed by atoms with Gasteiger partial charge < -0.3 is 10.1 Å². The molecule has 0 bridgehead atoms. The fourth-order valence-electron chi connectivity index (χ4n) is 2.68. The summed E-state index contributed by atoms with van der Waals surface area (Å²) in [6.07, 6.45) is 1.39. The maximum absolute atomic E-state index is 12.8. The van der Waals surface area contributed by atoms with Gasteiger partial charge in [-0.1, -0.05) is 19.1 Å². The summed E-state index contributed by atoms with van der Waals surface area (Å²) in [4.78, 5) is 12.3. The van der Waals surface area contributed by atoms with Gasteiger partial charge in [0.2, 0.25) is 0 Å². The van der Waals surface area contributed by atoms with E-state index in [4.69, 9.17) is 4.74 Å². The van der Waals surface area contributed by atoms with Crippen molar-refractivity contribution in [3.05, 3.63) is 41.7 Å². The molecule has 1 N–H and O–H groups in total. The molecule has 3 rings (SSSR count). The zero-order valence-electron chi connectivity index (χ0n) is 13.6. The van der Waals surface area contributed by atoms with Crippen molar-refractivity contribution in [2.24, 2.45) is 5.41 Å². The van der Waals surface area contributed by atoms with Crippen LogP contribution in [0.3, 0.4) is 0 Å².